The Kier molecular flexibility index (Phi) is 4.06. The number of nitrogens with zero attached hydrogens (tertiary/aromatic N) is 2. The first-order valence-electron chi connectivity index (χ1n) is 6.42. The van der Waals surface area contributed by atoms with Crippen molar-refractivity contribution in [1.82, 2.24) is 5.32 Å². The van der Waals surface area contributed by atoms with Crippen LogP contribution in [0.15, 0.2) is 18.2 Å². The van der Waals surface area contributed by atoms with Crippen molar-refractivity contribution in [2.24, 2.45) is 0 Å². The smallest absolute Gasteiger partial charge is 0.305 e. The second kappa shape index (κ2) is 5.78. The van der Waals surface area contributed by atoms with Crippen LogP contribution in [0.4, 0.5) is 11.4 Å². The summed E-state index contributed by atoms with van der Waals surface area (Å²) in [6, 6.07) is 3.86. The van der Waals surface area contributed by atoms with E-state index in [1.165, 1.54) is 4.90 Å². The van der Waals surface area contributed by atoms with Gasteiger partial charge in [-0.3, -0.25) is 19.7 Å². The number of rotatable bonds is 4. The van der Waals surface area contributed by atoms with Gasteiger partial charge < -0.3 is 15.3 Å². The maximum Gasteiger partial charge on any atom is 0.305 e. The average molecular weight is 293 g/mol. The van der Waals surface area contributed by atoms with Gasteiger partial charge in [-0.2, -0.15) is 0 Å². The lowest BCUT2D eigenvalue weighted by molar-refractivity contribution is -0.384. The number of aryl methyl sites for hydroxylation is 1. The van der Waals surface area contributed by atoms with Gasteiger partial charge >= 0.3 is 5.97 Å². The average Bonchev–Trinajstić information content (AvgIpc) is 2.40. The van der Waals surface area contributed by atoms with E-state index in [1.807, 2.05) is 0 Å². The van der Waals surface area contributed by atoms with Crippen LogP contribution >= 0.6 is 0 Å². The number of carbonyl (C=O) groups is 2. The standard InChI is InChI=1S/C13H15N3O5/c1-8-3-2-4-9(12(8)16(20)21)15-6-5-14-13(19)10(15)7-11(17)18/h2-4,10H,5-7H2,1H3,(H,14,19)(H,17,18). The lowest BCUT2D eigenvalue weighted by Gasteiger charge is -2.35. The van der Waals surface area contributed by atoms with Gasteiger partial charge in [-0.1, -0.05) is 12.1 Å². The number of hydrogen-bond donors (Lipinski definition) is 2. The van der Waals surface area contributed by atoms with Gasteiger partial charge in [0.1, 0.15) is 11.7 Å². The summed E-state index contributed by atoms with van der Waals surface area (Å²) in [5, 5.41) is 22.8. The molecule has 1 amide bonds. The van der Waals surface area contributed by atoms with Gasteiger partial charge in [0.15, 0.2) is 0 Å². The molecule has 2 rings (SSSR count). The molecule has 1 aromatic carbocycles. The zero-order valence-electron chi connectivity index (χ0n) is 11.4. The third-order valence-corrected chi connectivity index (χ3v) is 3.41. The number of carboxylic acids is 1. The Balaban J connectivity index is 2.47. The topological polar surface area (TPSA) is 113 Å². The molecule has 0 saturated carbocycles. The Labute approximate surface area is 120 Å². The Morgan fingerprint density at radius 2 is 2.29 bits per heavy atom. The second-order valence-electron chi connectivity index (χ2n) is 4.80. The molecule has 1 saturated heterocycles. The first kappa shape index (κ1) is 14.8. The summed E-state index contributed by atoms with van der Waals surface area (Å²) in [7, 11) is 0. The highest BCUT2D eigenvalue weighted by Gasteiger charge is 2.35. The van der Waals surface area contributed by atoms with Gasteiger partial charge in [-0.25, -0.2) is 0 Å². The van der Waals surface area contributed by atoms with Crippen LogP contribution in [0.1, 0.15) is 12.0 Å². The number of amides is 1. The summed E-state index contributed by atoms with van der Waals surface area (Å²) in [4.78, 5) is 35.1. The molecule has 1 unspecified atom stereocenters. The number of para-hydroxylation sites is 1. The monoisotopic (exact) mass is 293 g/mol. The number of nitrogens with one attached hydrogen (secondary N) is 1. The molecule has 1 aromatic rings. The van der Waals surface area contributed by atoms with E-state index in [9.17, 15) is 19.7 Å². The molecular weight excluding hydrogens is 278 g/mol. The first-order valence-corrected chi connectivity index (χ1v) is 6.42. The van der Waals surface area contributed by atoms with Crippen molar-refractivity contribution < 1.29 is 19.6 Å². The molecule has 8 heteroatoms. The minimum atomic E-state index is -1.13. The minimum absolute atomic E-state index is 0.0948. The zero-order valence-corrected chi connectivity index (χ0v) is 11.4. The molecule has 112 valence electrons. The molecule has 1 fully saturated rings. The van der Waals surface area contributed by atoms with Gasteiger partial charge in [0.2, 0.25) is 5.91 Å². The molecule has 0 radical (unpaired) electrons. The molecule has 1 aliphatic heterocycles. The SMILES string of the molecule is Cc1cccc(N2CCNC(=O)C2CC(=O)O)c1[N+](=O)[O-]. The van der Waals surface area contributed by atoms with E-state index >= 15 is 0 Å². The van der Waals surface area contributed by atoms with Gasteiger partial charge in [-0.15, -0.1) is 0 Å². The third kappa shape index (κ3) is 2.93. The lowest BCUT2D eigenvalue weighted by atomic mass is 10.1. The van der Waals surface area contributed by atoms with Crippen LogP contribution in [-0.2, 0) is 9.59 Å². The third-order valence-electron chi connectivity index (χ3n) is 3.41. The van der Waals surface area contributed by atoms with Crippen LogP contribution in [-0.4, -0.2) is 41.0 Å². The lowest BCUT2D eigenvalue weighted by Crippen LogP contribution is -2.56. The number of carboxylic acid groups (broad SMARTS) is 1. The summed E-state index contributed by atoms with van der Waals surface area (Å²) in [6.45, 7) is 2.26. The highest BCUT2D eigenvalue weighted by Crippen LogP contribution is 2.33. The van der Waals surface area contributed by atoms with Crippen molar-refractivity contribution in [2.75, 3.05) is 18.0 Å². The molecule has 1 heterocycles. The van der Waals surface area contributed by atoms with E-state index in [-0.39, 0.29) is 11.4 Å². The molecule has 0 aliphatic carbocycles. The minimum Gasteiger partial charge on any atom is -0.481 e. The van der Waals surface area contributed by atoms with Gasteiger partial charge in [-0.05, 0) is 13.0 Å². The highest BCUT2D eigenvalue weighted by molar-refractivity contribution is 5.91. The van der Waals surface area contributed by atoms with Crippen LogP contribution in [0.25, 0.3) is 0 Å². The second-order valence-corrected chi connectivity index (χ2v) is 4.80. The van der Waals surface area contributed by atoms with Crippen molar-refractivity contribution in [2.45, 2.75) is 19.4 Å². The number of carbonyl (C=O) groups excluding carboxylic acids is 1. The molecule has 1 aliphatic rings. The van der Waals surface area contributed by atoms with Crippen LogP contribution in [0, 0.1) is 17.0 Å². The predicted molar refractivity (Wildman–Crippen MR) is 74.2 cm³/mol. The predicted octanol–water partition coefficient (Wildman–Crippen LogP) is 0.683. The van der Waals surface area contributed by atoms with Gasteiger partial charge in [0, 0.05) is 18.7 Å². The first-order chi connectivity index (χ1) is 9.91. The molecule has 0 spiro atoms. The number of hydrogen-bond acceptors (Lipinski definition) is 5. The number of benzene rings is 1. The van der Waals surface area contributed by atoms with E-state index in [0.717, 1.165) is 0 Å². The Morgan fingerprint density at radius 1 is 1.57 bits per heavy atom. The number of aliphatic carboxylic acids is 1. The number of piperazine rings is 1. The fraction of sp³-hybridized carbons (Fsp3) is 0.385. The summed E-state index contributed by atoms with van der Waals surface area (Å²) in [5.41, 5.74) is 0.654. The fourth-order valence-electron chi connectivity index (χ4n) is 2.48. The van der Waals surface area contributed by atoms with Crippen LogP contribution < -0.4 is 10.2 Å². The molecule has 1 atom stereocenters. The molecule has 21 heavy (non-hydrogen) atoms. The maximum atomic E-state index is 11.9. The molecule has 2 N–H and O–H groups in total. The number of nitro groups is 1. The van der Waals surface area contributed by atoms with Crippen molar-refractivity contribution >= 4 is 23.3 Å². The summed E-state index contributed by atoms with van der Waals surface area (Å²) in [6.07, 6.45) is -0.406. The Morgan fingerprint density at radius 3 is 2.90 bits per heavy atom. The van der Waals surface area contributed by atoms with E-state index in [1.54, 1.807) is 25.1 Å². The van der Waals surface area contributed by atoms with Crippen LogP contribution in [0.2, 0.25) is 0 Å². The quantitative estimate of drug-likeness (QED) is 0.623. The van der Waals surface area contributed by atoms with E-state index in [0.29, 0.717) is 18.7 Å². The Hall–Kier alpha value is -2.64. The molecule has 8 nitrogen and oxygen atoms in total. The van der Waals surface area contributed by atoms with E-state index in [2.05, 4.69) is 5.32 Å². The molecule has 0 aromatic heterocycles. The zero-order chi connectivity index (χ0) is 15.6. The summed E-state index contributed by atoms with van der Waals surface area (Å²) >= 11 is 0. The normalized spacial score (nSPS) is 18.2. The van der Waals surface area contributed by atoms with Gasteiger partial charge in [0.05, 0.1) is 11.3 Å². The molecular formula is C13H15N3O5. The highest BCUT2D eigenvalue weighted by atomic mass is 16.6. The van der Waals surface area contributed by atoms with Crippen molar-refractivity contribution in [3.8, 4) is 0 Å². The number of nitro benzene ring substituents is 1. The van der Waals surface area contributed by atoms with Crippen molar-refractivity contribution in [3.63, 3.8) is 0 Å². The van der Waals surface area contributed by atoms with E-state index in [4.69, 9.17) is 5.11 Å². The molecule has 0 bridgehead atoms. The number of anilines is 1. The Bertz CT molecular complexity index is 601. The summed E-state index contributed by atoms with van der Waals surface area (Å²) in [5.74, 6) is -1.56. The largest absolute Gasteiger partial charge is 0.481 e. The summed E-state index contributed by atoms with van der Waals surface area (Å²) < 4.78 is 0. The maximum absolute atomic E-state index is 11.9. The van der Waals surface area contributed by atoms with Crippen molar-refractivity contribution in [1.29, 1.82) is 0 Å². The van der Waals surface area contributed by atoms with Crippen LogP contribution in [0.5, 0.6) is 0 Å². The van der Waals surface area contributed by atoms with Gasteiger partial charge in [0.25, 0.3) is 5.69 Å². The fourth-order valence-corrected chi connectivity index (χ4v) is 2.48. The van der Waals surface area contributed by atoms with E-state index < -0.39 is 29.3 Å². The van der Waals surface area contributed by atoms with Crippen LogP contribution in [0.3, 0.4) is 0 Å². The van der Waals surface area contributed by atoms with Crippen molar-refractivity contribution in [3.05, 3.63) is 33.9 Å².